The van der Waals surface area contributed by atoms with Gasteiger partial charge < -0.3 is 16.0 Å². The summed E-state index contributed by atoms with van der Waals surface area (Å²) >= 11 is 6.02. The van der Waals surface area contributed by atoms with Gasteiger partial charge in [-0.25, -0.2) is 0 Å². The maximum atomic E-state index is 11.9. The average molecular weight is 439 g/mol. The molecule has 5 nitrogen and oxygen atoms in total. The van der Waals surface area contributed by atoms with Gasteiger partial charge >= 0.3 is 0 Å². The maximum Gasteiger partial charge on any atom is 0.226 e. The number of aliphatic imine (C=N–C) groups is 1. The van der Waals surface area contributed by atoms with Crippen molar-refractivity contribution < 1.29 is 4.79 Å². The van der Waals surface area contributed by atoms with Gasteiger partial charge in [-0.1, -0.05) is 17.7 Å². The van der Waals surface area contributed by atoms with Crippen LogP contribution in [-0.4, -0.2) is 31.5 Å². The zero-order valence-electron chi connectivity index (χ0n) is 13.4. The highest BCUT2D eigenvalue weighted by Gasteiger charge is 2.07. The standard InChI is InChI=1S/C15H23ClN4O.HI/c1-10(2)19-15(17-4)18-9-8-14(21)20-13-7-5-6-12(16)11(13)3;/h5-7,10H,8-9H2,1-4H3,(H,20,21)(H2,17,18,19);1H. The lowest BCUT2D eigenvalue weighted by molar-refractivity contribution is -0.116. The summed E-state index contributed by atoms with van der Waals surface area (Å²) in [4.78, 5) is 16.0. The minimum atomic E-state index is -0.0622. The summed E-state index contributed by atoms with van der Waals surface area (Å²) in [7, 11) is 1.70. The molecule has 0 spiro atoms. The predicted molar refractivity (Wildman–Crippen MR) is 104 cm³/mol. The normalized spacial score (nSPS) is 10.9. The number of anilines is 1. The number of nitrogens with zero attached hydrogens (tertiary/aromatic N) is 1. The van der Waals surface area contributed by atoms with E-state index in [-0.39, 0.29) is 29.9 Å². The molecule has 3 N–H and O–H groups in total. The molecule has 0 radical (unpaired) electrons. The van der Waals surface area contributed by atoms with Crippen LogP contribution >= 0.6 is 35.6 Å². The molecule has 1 aromatic carbocycles. The Balaban J connectivity index is 0.00000441. The molecule has 0 saturated carbocycles. The van der Waals surface area contributed by atoms with Crippen molar-refractivity contribution in [2.75, 3.05) is 18.9 Å². The Hall–Kier alpha value is -1.02. The molecule has 1 amide bonds. The van der Waals surface area contributed by atoms with Crippen LogP contribution in [0.3, 0.4) is 0 Å². The van der Waals surface area contributed by atoms with Crippen molar-refractivity contribution >= 4 is 53.1 Å². The van der Waals surface area contributed by atoms with Crippen molar-refractivity contribution in [3.63, 3.8) is 0 Å². The third kappa shape index (κ3) is 7.31. The van der Waals surface area contributed by atoms with E-state index in [2.05, 4.69) is 20.9 Å². The Morgan fingerprint density at radius 3 is 2.64 bits per heavy atom. The Morgan fingerprint density at radius 2 is 2.05 bits per heavy atom. The molecule has 0 aromatic heterocycles. The fraction of sp³-hybridized carbons (Fsp3) is 0.467. The molecule has 1 aromatic rings. The number of guanidine groups is 1. The highest BCUT2D eigenvalue weighted by atomic mass is 127. The van der Waals surface area contributed by atoms with Crippen molar-refractivity contribution in [2.45, 2.75) is 33.2 Å². The zero-order valence-corrected chi connectivity index (χ0v) is 16.5. The van der Waals surface area contributed by atoms with Gasteiger partial charge in [-0.05, 0) is 38.5 Å². The maximum absolute atomic E-state index is 11.9. The molecule has 0 heterocycles. The van der Waals surface area contributed by atoms with Crippen LogP contribution < -0.4 is 16.0 Å². The second kappa shape index (κ2) is 10.7. The van der Waals surface area contributed by atoms with Crippen LogP contribution in [0.4, 0.5) is 5.69 Å². The number of amides is 1. The van der Waals surface area contributed by atoms with E-state index in [1.54, 1.807) is 13.1 Å². The molecular weight excluding hydrogens is 415 g/mol. The number of carbonyl (C=O) groups is 1. The van der Waals surface area contributed by atoms with Crippen LogP contribution in [0.2, 0.25) is 5.02 Å². The monoisotopic (exact) mass is 438 g/mol. The molecule has 124 valence electrons. The fourth-order valence-electron chi connectivity index (χ4n) is 1.72. The first kappa shape index (κ1) is 21.0. The molecule has 0 fully saturated rings. The highest BCUT2D eigenvalue weighted by molar-refractivity contribution is 14.0. The van der Waals surface area contributed by atoms with Crippen LogP contribution in [0, 0.1) is 6.92 Å². The van der Waals surface area contributed by atoms with Crippen molar-refractivity contribution in [3.05, 3.63) is 28.8 Å². The van der Waals surface area contributed by atoms with Crippen LogP contribution in [-0.2, 0) is 4.79 Å². The first-order valence-electron chi connectivity index (χ1n) is 6.96. The molecule has 0 aliphatic carbocycles. The van der Waals surface area contributed by atoms with Crippen LogP contribution in [0.5, 0.6) is 0 Å². The molecular formula is C15H24ClIN4O. The van der Waals surface area contributed by atoms with E-state index in [1.165, 1.54) is 0 Å². The van der Waals surface area contributed by atoms with Gasteiger partial charge in [0.2, 0.25) is 5.91 Å². The molecule has 0 atom stereocenters. The van der Waals surface area contributed by atoms with Gasteiger partial charge in [-0.3, -0.25) is 9.79 Å². The average Bonchev–Trinajstić information content (AvgIpc) is 2.42. The number of nitrogens with one attached hydrogen (secondary N) is 3. The number of hydrogen-bond acceptors (Lipinski definition) is 2. The molecule has 0 unspecified atom stereocenters. The molecule has 0 aliphatic rings. The van der Waals surface area contributed by atoms with Crippen molar-refractivity contribution in [1.29, 1.82) is 0 Å². The van der Waals surface area contributed by atoms with Gasteiger partial charge in [-0.15, -0.1) is 24.0 Å². The van der Waals surface area contributed by atoms with Gasteiger partial charge in [0.15, 0.2) is 5.96 Å². The Morgan fingerprint density at radius 1 is 1.36 bits per heavy atom. The van der Waals surface area contributed by atoms with Gasteiger partial charge in [-0.2, -0.15) is 0 Å². The topological polar surface area (TPSA) is 65.5 Å². The SMILES string of the molecule is CN=C(NCCC(=O)Nc1cccc(Cl)c1C)NC(C)C.I. The number of halogens is 2. The van der Waals surface area contributed by atoms with E-state index in [4.69, 9.17) is 11.6 Å². The lowest BCUT2D eigenvalue weighted by atomic mass is 10.2. The summed E-state index contributed by atoms with van der Waals surface area (Å²) in [6.07, 6.45) is 0.352. The summed E-state index contributed by atoms with van der Waals surface area (Å²) in [6, 6.07) is 5.75. The van der Waals surface area contributed by atoms with Gasteiger partial charge in [0.05, 0.1) is 0 Å². The quantitative estimate of drug-likeness (QED) is 0.376. The smallest absolute Gasteiger partial charge is 0.226 e. The molecule has 0 aliphatic heterocycles. The lowest BCUT2D eigenvalue weighted by Crippen LogP contribution is -2.41. The molecule has 1 rings (SSSR count). The minimum absolute atomic E-state index is 0. The number of benzene rings is 1. The largest absolute Gasteiger partial charge is 0.356 e. The van der Waals surface area contributed by atoms with Crippen LogP contribution in [0.15, 0.2) is 23.2 Å². The Labute approximate surface area is 154 Å². The number of carbonyl (C=O) groups excluding carboxylic acids is 1. The summed E-state index contributed by atoms with van der Waals surface area (Å²) in [6.45, 7) is 6.45. The van der Waals surface area contributed by atoms with E-state index in [0.29, 0.717) is 30.0 Å². The van der Waals surface area contributed by atoms with Crippen molar-refractivity contribution in [1.82, 2.24) is 10.6 Å². The highest BCUT2D eigenvalue weighted by Crippen LogP contribution is 2.22. The van der Waals surface area contributed by atoms with E-state index in [1.807, 2.05) is 32.9 Å². The second-order valence-corrected chi connectivity index (χ2v) is 5.42. The van der Waals surface area contributed by atoms with Gasteiger partial charge in [0, 0.05) is 36.8 Å². The summed E-state index contributed by atoms with van der Waals surface area (Å²) in [5, 5.41) is 9.76. The Bertz CT molecular complexity index is 520. The summed E-state index contributed by atoms with van der Waals surface area (Å²) < 4.78 is 0. The second-order valence-electron chi connectivity index (χ2n) is 5.01. The van der Waals surface area contributed by atoms with Crippen molar-refractivity contribution in [3.8, 4) is 0 Å². The third-order valence-electron chi connectivity index (χ3n) is 2.84. The van der Waals surface area contributed by atoms with Gasteiger partial charge in [0.1, 0.15) is 0 Å². The zero-order chi connectivity index (χ0) is 15.8. The molecule has 22 heavy (non-hydrogen) atoms. The van der Waals surface area contributed by atoms with E-state index in [9.17, 15) is 4.79 Å². The minimum Gasteiger partial charge on any atom is -0.356 e. The number of hydrogen-bond donors (Lipinski definition) is 3. The van der Waals surface area contributed by atoms with Crippen LogP contribution in [0.1, 0.15) is 25.8 Å². The molecule has 7 heteroatoms. The summed E-state index contributed by atoms with van der Waals surface area (Å²) in [5.74, 6) is 0.629. The van der Waals surface area contributed by atoms with E-state index < -0.39 is 0 Å². The van der Waals surface area contributed by atoms with Crippen molar-refractivity contribution in [2.24, 2.45) is 4.99 Å². The first-order valence-corrected chi connectivity index (χ1v) is 7.34. The molecule has 0 saturated heterocycles. The van der Waals surface area contributed by atoms with Gasteiger partial charge in [0.25, 0.3) is 0 Å². The lowest BCUT2D eigenvalue weighted by Gasteiger charge is -2.14. The molecule has 0 bridgehead atoms. The Kier molecular flexibility index (Phi) is 10.2. The predicted octanol–water partition coefficient (Wildman–Crippen LogP) is 3.17. The van der Waals surface area contributed by atoms with Crippen LogP contribution in [0.25, 0.3) is 0 Å². The summed E-state index contributed by atoms with van der Waals surface area (Å²) in [5.41, 5.74) is 1.62. The first-order chi connectivity index (χ1) is 9.93. The number of rotatable bonds is 5. The van der Waals surface area contributed by atoms with E-state index >= 15 is 0 Å². The third-order valence-corrected chi connectivity index (χ3v) is 3.24. The fourth-order valence-corrected chi connectivity index (χ4v) is 1.89. The van der Waals surface area contributed by atoms with E-state index in [0.717, 1.165) is 11.3 Å².